The molecule has 0 radical (unpaired) electrons. The number of hydrogen-bond acceptors (Lipinski definition) is 0. The minimum atomic E-state index is -2.01. The van der Waals surface area contributed by atoms with Crippen LogP contribution < -0.4 is 0 Å². The lowest BCUT2D eigenvalue weighted by atomic mass is 9.62. The summed E-state index contributed by atoms with van der Waals surface area (Å²) >= 11 is 0. The predicted molar refractivity (Wildman–Crippen MR) is 133 cm³/mol. The van der Waals surface area contributed by atoms with Gasteiger partial charge in [0.15, 0.2) is 6.17 Å². The second kappa shape index (κ2) is 12.8. The zero-order valence-corrected chi connectivity index (χ0v) is 21.6. The molecule has 4 saturated carbocycles. The first kappa shape index (κ1) is 26.8. The first-order valence-electron chi connectivity index (χ1n) is 15.0. The molecule has 0 aromatic heterocycles. The summed E-state index contributed by atoms with van der Waals surface area (Å²) in [6.45, 7) is 2.28. The van der Waals surface area contributed by atoms with Crippen LogP contribution in [-0.2, 0) is 0 Å². The van der Waals surface area contributed by atoms with Crippen molar-refractivity contribution in [1.82, 2.24) is 0 Å². The van der Waals surface area contributed by atoms with Gasteiger partial charge in [0, 0.05) is 0 Å². The van der Waals surface area contributed by atoms with Crippen LogP contribution in [0, 0.1) is 41.4 Å². The molecule has 34 heavy (non-hydrogen) atoms. The highest BCUT2D eigenvalue weighted by Gasteiger charge is 2.46. The Morgan fingerprint density at radius 2 is 1.00 bits per heavy atom. The van der Waals surface area contributed by atoms with Gasteiger partial charge in [-0.05, 0) is 112 Å². The van der Waals surface area contributed by atoms with Gasteiger partial charge in [0.25, 0.3) is 0 Å². The van der Waals surface area contributed by atoms with E-state index in [-0.39, 0.29) is 24.7 Å². The Morgan fingerprint density at radius 1 is 0.500 bits per heavy atom. The van der Waals surface area contributed by atoms with E-state index >= 15 is 4.39 Å². The van der Waals surface area contributed by atoms with Crippen LogP contribution >= 0.6 is 0 Å². The number of halogens is 4. The molecule has 0 N–H and O–H groups in total. The lowest BCUT2D eigenvalue weighted by Crippen LogP contribution is -2.43. The molecule has 4 heteroatoms. The predicted octanol–water partition coefficient (Wildman–Crippen LogP) is 9.75. The normalized spacial score (nSPS) is 46.3. The summed E-state index contributed by atoms with van der Waals surface area (Å²) in [6, 6.07) is 0. The summed E-state index contributed by atoms with van der Waals surface area (Å²) in [6.07, 6.45) is 13.6. The van der Waals surface area contributed by atoms with Gasteiger partial charge >= 0.3 is 0 Å². The third kappa shape index (κ3) is 6.72. The molecule has 0 nitrogen and oxygen atoms in total. The van der Waals surface area contributed by atoms with E-state index in [2.05, 4.69) is 6.92 Å². The van der Waals surface area contributed by atoms with Crippen molar-refractivity contribution in [3.63, 3.8) is 0 Å². The van der Waals surface area contributed by atoms with Crippen LogP contribution in [0.4, 0.5) is 17.6 Å². The van der Waals surface area contributed by atoms with Gasteiger partial charge in [-0.3, -0.25) is 0 Å². The van der Waals surface area contributed by atoms with Crippen molar-refractivity contribution in [3.05, 3.63) is 0 Å². The Labute approximate surface area is 206 Å². The Morgan fingerprint density at radius 3 is 1.56 bits per heavy atom. The molecule has 4 rings (SSSR count). The molecule has 0 heterocycles. The summed E-state index contributed by atoms with van der Waals surface area (Å²) in [5.41, 5.74) is 0. The van der Waals surface area contributed by atoms with Crippen molar-refractivity contribution >= 4 is 0 Å². The molecule has 0 aromatic rings. The molecule has 0 aliphatic heterocycles. The second-order valence-corrected chi connectivity index (χ2v) is 12.8. The molecule has 4 fully saturated rings. The lowest BCUT2D eigenvalue weighted by molar-refractivity contribution is -0.0292. The standard InChI is InChI=1S/C30H50F4/c1-2-3-4-5-6-20-7-9-21(10-8-20)22-11-13-23(14-12-22)24-15-16-26(27(31)17-24)25-18-28(32)30(34)29(33)19-25/h20-30H,2-19H2,1H3. The van der Waals surface area contributed by atoms with Gasteiger partial charge in [0.2, 0.25) is 0 Å². The SMILES string of the molecule is CCCCCCC1CCC(C2CCC(C3CCC(C4CC(F)C(F)C(F)C4)C(F)C3)CC2)CC1. The van der Waals surface area contributed by atoms with Crippen LogP contribution in [-0.4, -0.2) is 24.7 Å². The Balaban J connectivity index is 1.16. The van der Waals surface area contributed by atoms with E-state index in [9.17, 15) is 13.2 Å². The molecule has 0 bridgehead atoms. The topological polar surface area (TPSA) is 0 Å². The van der Waals surface area contributed by atoms with Crippen molar-refractivity contribution in [2.45, 2.75) is 147 Å². The summed E-state index contributed by atoms with van der Waals surface area (Å²) in [5.74, 6) is 3.25. The highest BCUT2D eigenvalue weighted by atomic mass is 19.2. The smallest absolute Gasteiger partial charge is 0.162 e. The lowest BCUT2D eigenvalue weighted by Gasteiger charge is -2.44. The van der Waals surface area contributed by atoms with Crippen molar-refractivity contribution in [1.29, 1.82) is 0 Å². The third-order valence-corrected chi connectivity index (χ3v) is 10.7. The van der Waals surface area contributed by atoms with Crippen molar-refractivity contribution in [2.24, 2.45) is 41.4 Å². The second-order valence-electron chi connectivity index (χ2n) is 12.8. The number of rotatable bonds is 8. The Kier molecular flexibility index (Phi) is 10.1. The summed E-state index contributed by atoms with van der Waals surface area (Å²) in [5, 5.41) is 0. The van der Waals surface area contributed by atoms with Crippen LogP contribution in [0.1, 0.15) is 122 Å². The molecule has 5 atom stereocenters. The first-order valence-corrected chi connectivity index (χ1v) is 15.0. The molecular formula is C30H50F4. The maximum Gasteiger partial charge on any atom is 0.162 e. The fraction of sp³-hybridized carbons (Fsp3) is 1.00. The third-order valence-electron chi connectivity index (χ3n) is 10.7. The van der Waals surface area contributed by atoms with E-state index in [4.69, 9.17) is 0 Å². The monoisotopic (exact) mass is 486 g/mol. The number of hydrogen-bond donors (Lipinski definition) is 0. The minimum Gasteiger partial charge on any atom is -0.247 e. The van der Waals surface area contributed by atoms with E-state index in [1.54, 1.807) is 0 Å². The molecule has 0 aromatic carbocycles. The molecule has 198 valence electrons. The fourth-order valence-corrected chi connectivity index (χ4v) is 8.54. The van der Waals surface area contributed by atoms with Crippen LogP contribution in [0.2, 0.25) is 0 Å². The highest BCUT2D eigenvalue weighted by Crippen LogP contribution is 2.49. The summed E-state index contributed by atoms with van der Waals surface area (Å²) in [7, 11) is 0. The maximum atomic E-state index is 15.2. The van der Waals surface area contributed by atoms with Crippen molar-refractivity contribution < 1.29 is 17.6 Å². The van der Waals surface area contributed by atoms with Gasteiger partial charge in [-0.1, -0.05) is 51.9 Å². The molecule has 0 amide bonds. The van der Waals surface area contributed by atoms with Gasteiger partial charge in [0.1, 0.15) is 18.5 Å². The van der Waals surface area contributed by atoms with Gasteiger partial charge in [-0.25, -0.2) is 17.6 Å². The van der Waals surface area contributed by atoms with Crippen LogP contribution in [0.15, 0.2) is 0 Å². The van der Waals surface area contributed by atoms with E-state index < -0.39 is 24.7 Å². The van der Waals surface area contributed by atoms with Crippen LogP contribution in [0.5, 0.6) is 0 Å². The average molecular weight is 487 g/mol. The highest BCUT2D eigenvalue weighted by molar-refractivity contribution is 4.95. The van der Waals surface area contributed by atoms with E-state index in [1.807, 2.05) is 0 Å². The van der Waals surface area contributed by atoms with Gasteiger partial charge in [-0.15, -0.1) is 0 Å². The Hall–Kier alpha value is -0.280. The number of alkyl halides is 4. The maximum absolute atomic E-state index is 15.2. The Bertz CT molecular complexity index is 568. The fourth-order valence-electron chi connectivity index (χ4n) is 8.54. The first-order chi connectivity index (χ1) is 16.5. The van der Waals surface area contributed by atoms with E-state index in [1.165, 1.54) is 83.5 Å². The van der Waals surface area contributed by atoms with Gasteiger partial charge in [-0.2, -0.15) is 0 Å². The average Bonchev–Trinajstić information content (AvgIpc) is 2.85. The molecule has 5 unspecified atom stereocenters. The van der Waals surface area contributed by atoms with Crippen molar-refractivity contribution in [3.8, 4) is 0 Å². The zero-order valence-electron chi connectivity index (χ0n) is 21.6. The largest absolute Gasteiger partial charge is 0.247 e. The number of unbranched alkanes of at least 4 members (excludes halogenated alkanes) is 3. The van der Waals surface area contributed by atoms with Crippen LogP contribution in [0.25, 0.3) is 0 Å². The molecule has 0 saturated heterocycles. The zero-order chi connectivity index (χ0) is 24.1. The van der Waals surface area contributed by atoms with Gasteiger partial charge < -0.3 is 0 Å². The summed E-state index contributed by atoms with van der Waals surface area (Å²) < 4.78 is 56.5. The molecule has 4 aliphatic rings. The van der Waals surface area contributed by atoms with Gasteiger partial charge in [0.05, 0.1) is 0 Å². The summed E-state index contributed by atoms with van der Waals surface area (Å²) in [4.78, 5) is 0. The van der Waals surface area contributed by atoms with Crippen LogP contribution in [0.3, 0.4) is 0 Å². The minimum absolute atomic E-state index is 0.00341. The van der Waals surface area contributed by atoms with Crippen molar-refractivity contribution in [2.75, 3.05) is 0 Å². The quantitative estimate of drug-likeness (QED) is 0.236. The molecule has 4 aliphatic carbocycles. The molecule has 0 spiro atoms. The van der Waals surface area contributed by atoms with E-state index in [0.29, 0.717) is 18.3 Å². The van der Waals surface area contributed by atoms with E-state index in [0.717, 1.165) is 30.6 Å². The molecular weight excluding hydrogens is 436 g/mol.